The topological polar surface area (TPSA) is 55.1 Å². The van der Waals surface area contributed by atoms with Crippen molar-refractivity contribution >= 4 is 17.2 Å². The molecule has 3 aromatic rings. The fourth-order valence-electron chi connectivity index (χ4n) is 1.98. The van der Waals surface area contributed by atoms with E-state index in [1.54, 1.807) is 17.5 Å². The van der Waals surface area contributed by atoms with Gasteiger partial charge in [-0.25, -0.2) is 4.98 Å². The van der Waals surface area contributed by atoms with Crippen LogP contribution in [-0.2, 0) is 0 Å². The number of oxazole rings is 1. The zero-order valence-corrected chi connectivity index (χ0v) is 12.3. The maximum atomic E-state index is 12.1. The summed E-state index contributed by atoms with van der Waals surface area (Å²) in [5.41, 5.74) is 1.97. The Morgan fingerprint density at radius 3 is 2.81 bits per heavy atom. The molecule has 0 bridgehead atoms. The quantitative estimate of drug-likeness (QED) is 0.795. The van der Waals surface area contributed by atoms with E-state index in [4.69, 9.17) is 4.42 Å². The molecule has 0 radical (unpaired) electrons. The first-order chi connectivity index (χ1) is 10.2. The normalized spacial score (nSPS) is 12.0. The third-order valence-corrected chi connectivity index (χ3v) is 3.85. The van der Waals surface area contributed by atoms with Crippen molar-refractivity contribution in [3.63, 3.8) is 0 Å². The summed E-state index contributed by atoms with van der Waals surface area (Å²) in [4.78, 5) is 16.2. The number of hydrogen-bond acceptors (Lipinski definition) is 4. The molecule has 106 valence electrons. The van der Waals surface area contributed by atoms with Gasteiger partial charge in [0.15, 0.2) is 5.76 Å². The number of carbonyl (C=O) groups is 1. The van der Waals surface area contributed by atoms with Crippen LogP contribution in [0.4, 0.5) is 0 Å². The van der Waals surface area contributed by atoms with Crippen molar-refractivity contribution in [3.05, 3.63) is 64.8 Å². The lowest BCUT2D eigenvalue weighted by molar-refractivity contribution is 0.0905. The van der Waals surface area contributed by atoms with Gasteiger partial charge in [-0.1, -0.05) is 30.3 Å². The molecule has 21 heavy (non-hydrogen) atoms. The summed E-state index contributed by atoms with van der Waals surface area (Å²) in [6.45, 7) is 1.93. The van der Waals surface area contributed by atoms with Gasteiger partial charge in [0.25, 0.3) is 5.89 Å². The van der Waals surface area contributed by atoms with E-state index >= 15 is 0 Å². The Balaban J connectivity index is 1.73. The van der Waals surface area contributed by atoms with Crippen LogP contribution in [0, 0.1) is 0 Å². The van der Waals surface area contributed by atoms with Gasteiger partial charge in [-0.15, -0.1) is 0 Å². The van der Waals surface area contributed by atoms with E-state index in [1.807, 2.05) is 54.1 Å². The van der Waals surface area contributed by atoms with Gasteiger partial charge in [0, 0.05) is 5.56 Å². The van der Waals surface area contributed by atoms with Gasteiger partial charge in [-0.2, -0.15) is 11.3 Å². The van der Waals surface area contributed by atoms with Crippen LogP contribution in [0.2, 0.25) is 0 Å². The van der Waals surface area contributed by atoms with E-state index in [0.29, 0.717) is 5.76 Å². The summed E-state index contributed by atoms with van der Waals surface area (Å²) < 4.78 is 5.53. The summed E-state index contributed by atoms with van der Waals surface area (Å²) in [5.74, 6) is 0.357. The molecule has 1 atom stereocenters. The van der Waals surface area contributed by atoms with E-state index in [1.165, 1.54) is 0 Å². The number of nitrogens with one attached hydrogen (secondary N) is 1. The minimum absolute atomic E-state index is 0.0733. The van der Waals surface area contributed by atoms with E-state index in [9.17, 15) is 4.79 Å². The molecule has 3 rings (SSSR count). The number of amides is 1. The number of thiophene rings is 1. The molecule has 0 fully saturated rings. The lowest BCUT2D eigenvalue weighted by atomic mass is 10.2. The second kappa shape index (κ2) is 5.93. The molecule has 0 aliphatic heterocycles. The van der Waals surface area contributed by atoms with Crippen molar-refractivity contribution in [1.82, 2.24) is 10.3 Å². The Hall–Kier alpha value is -2.40. The summed E-state index contributed by atoms with van der Waals surface area (Å²) >= 11 is 1.60. The van der Waals surface area contributed by atoms with E-state index in [2.05, 4.69) is 10.3 Å². The highest BCUT2D eigenvalue weighted by Gasteiger charge is 2.17. The largest absolute Gasteiger partial charge is 0.432 e. The number of nitrogens with zero attached hydrogens (tertiary/aromatic N) is 1. The van der Waals surface area contributed by atoms with Gasteiger partial charge in [0.2, 0.25) is 0 Å². The van der Waals surface area contributed by atoms with Crippen molar-refractivity contribution in [2.75, 3.05) is 0 Å². The van der Waals surface area contributed by atoms with Crippen LogP contribution in [0.3, 0.4) is 0 Å². The highest BCUT2D eigenvalue weighted by molar-refractivity contribution is 7.07. The molecule has 1 N–H and O–H groups in total. The molecule has 1 amide bonds. The lowest BCUT2D eigenvalue weighted by Crippen LogP contribution is -2.26. The molecule has 2 heterocycles. The highest BCUT2D eigenvalue weighted by atomic mass is 32.1. The van der Waals surface area contributed by atoms with Crippen LogP contribution >= 0.6 is 11.3 Å². The standard InChI is InChI=1S/C16H14N2O2S/c1-11(13-7-8-21-10-13)18-15(19)16-17-9-14(20-16)12-5-3-2-4-6-12/h2-11H,1H3,(H,18,19)/t11-/m0/s1. The second-order valence-electron chi connectivity index (χ2n) is 4.65. The van der Waals surface area contributed by atoms with Crippen molar-refractivity contribution in [1.29, 1.82) is 0 Å². The van der Waals surface area contributed by atoms with Crippen LogP contribution in [0.15, 0.2) is 57.8 Å². The van der Waals surface area contributed by atoms with Gasteiger partial charge >= 0.3 is 5.91 Å². The fourth-order valence-corrected chi connectivity index (χ4v) is 2.73. The van der Waals surface area contributed by atoms with Gasteiger partial charge < -0.3 is 9.73 Å². The first-order valence-corrected chi connectivity index (χ1v) is 7.52. The Bertz CT molecular complexity index is 720. The molecular formula is C16H14N2O2S. The molecule has 0 spiro atoms. The van der Waals surface area contributed by atoms with Crippen molar-refractivity contribution in [2.45, 2.75) is 13.0 Å². The third kappa shape index (κ3) is 3.03. The van der Waals surface area contributed by atoms with Gasteiger partial charge in [-0.3, -0.25) is 4.79 Å². The van der Waals surface area contributed by atoms with Crippen LogP contribution < -0.4 is 5.32 Å². The lowest BCUT2D eigenvalue weighted by Gasteiger charge is -2.10. The van der Waals surface area contributed by atoms with Gasteiger partial charge in [0.05, 0.1) is 12.2 Å². The molecule has 0 aliphatic carbocycles. The first-order valence-electron chi connectivity index (χ1n) is 6.58. The van der Waals surface area contributed by atoms with E-state index in [0.717, 1.165) is 11.1 Å². The number of carbonyl (C=O) groups excluding carboxylic acids is 1. The highest BCUT2D eigenvalue weighted by Crippen LogP contribution is 2.20. The van der Waals surface area contributed by atoms with Crippen LogP contribution in [0.25, 0.3) is 11.3 Å². The molecule has 4 nitrogen and oxygen atoms in total. The molecule has 0 aliphatic rings. The Morgan fingerprint density at radius 1 is 1.29 bits per heavy atom. The molecular weight excluding hydrogens is 284 g/mol. The fraction of sp³-hybridized carbons (Fsp3) is 0.125. The zero-order valence-electron chi connectivity index (χ0n) is 11.4. The average Bonchev–Trinajstić information content (AvgIpc) is 3.20. The molecule has 0 saturated heterocycles. The Labute approximate surface area is 126 Å². The van der Waals surface area contributed by atoms with Crippen molar-refractivity contribution in [3.8, 4) is 11.3 Å². The van der Waals surface area contributed by atoms with E-state index in [-0.39, 0.29) is 17.8 Å². The molecule has 5 heteroatoms. The van der Waals surface area contributed by atoms with E-state index < -0.39 is 0 Å². The maximum absolute atomic E-state index is 12.1. The molecule has 2 aromatic heterocycles. The summed E-state index contributed by atoms with van der Waals surface area (Å²) in [5, 5.41) is 6.87. The minimum Gasteiger partial charge on any atom is -0.432 e. The van der Waals surface area contributed by atoms with Crippen LogP contribution in [0.5, 0.6) is 0 Å². The van der Waals surface area contributed by atoms with Gasteiger partial charge in [0.1, 0.15) is 0 Å². The predicted octanol–water partition coefficient (Wildman–Crippen LogP) is 3.89. The average molecular weight is 298 g/mol. The summed E-state index contributed by atoms with van der Waals surface area (Å²) in [7, 11) is 0. The summed E-state index contributed by atoms with van der Waals surface area (Å²) in [6.07, 6.45) is 1.57. The number of aromatic nitrogens is 1. The SMILES string of the molecule is C[C@H](NC(=O)c1ncc(-c2ccccc2)o1)c1ccsc1. The first kappa shape index (κ1) is 13.6. The second-order valence-corrected chi connectivity index (χ2v) is 5.43. The Kier molecular flexibility index (Phi) is 3.83. The smallest absolute Gasteiger partial charge is 0.307 e. The van der Waals surface area contributed by atoms with Crippen LogP contribution in [0.1, 0.15) is 29.2 Å². The minimum atomic E-state index is -0.309. The van der Waals surface area contributed by atoms with Gasteiger partial charge in [-0.05, 0) is 29.3 Å². The zero-order chi connectivity index (χ0) is 14.7. The number of hydrogen-bond donors (Lipinski definition) is 1. The number of rotatable bonds is 4. The molecule has 0 saturated carbocycles. The van der Waals surface area contributed by atoms with Crippen LogP contribution in [-0.4, -0.2) is 10.9 Å². The maximum Gasteiger partial charge on any atom is 0.307 e. The molecule has 1 aromatic carbocycles. The van der Waals surface area contributed by atoms with Crippen molar-refractivity contribution in [2.24, 2.45) is 0 Å². The monoisotopic (exact) mass is 298 g/mol. The Morgan fingerprint density at radius 2 is 2.10 bits per heavy atom. The summed E-state index contributed by atoms with van der Waals surface area (Å²) in [6, 6.07) is 11.5. The number of benzene rings is 1. The van der Waals surface area contributed by atoms with Crippen molar-refractivity contribution < 1.29 is 9.21 Å². The third-order valence-electron chi connectivity index (χ3n) is 3.15. The predicted molar refractivity (Wildman–Crippen MR) is 82.1 cm³/mol. The molecule has 0 unspecified atom stereocenters.